The quantitative estimate of drug-likeness (QED) is 0.503. The molecule has 0 aromatic heterocycles. The SMILES string of the molecule is O=S(=O)([O-])c1ccc(S(=O)(=O)c2ccccc2)cc1.[Na+]. The first-order chi connectivity index (χ1) is 8.82. The molecule has 0 aliphatic rings. The molecule has 0 atom stereocenters. The Bertz CT molecular complexity index is 782. The van der Waals surface area contributed by atoms with Gasteiger partial charge in [0.15, 0.2) is 0 Å². The summed E-state index contributed by atoms with van der Waals surface area (Å²) in [6.45, 7) is 0. The van der Waals surface area contributed by atoms with Crippen LogP contribution in [0.3, 0.4) is 0 Å². The van der Waals surface area contributed by atoms with Gasteiger partial charge in [0.1, 0.15) is 10.1 Å². The Balaban J connectivity index is 0.00000200. The molecule has 2 rings (SSSR count). The average Bonchev–Trinajstić information content (AvgIpc) is 2.39. The van der Waals surface area contributed by atoms with Crippen LogP contribution < -0.4 is 29.6 Å². The Kier molecular flexibility index (Phi) is 5.54. The van der Waals surface area contributed by atoms with Crippen molar-refractivity contribution in [2.45, 2.75) is 14.7 Å². The first-order valence-corrected chi connectivity index (χ1v) is 8.07. The normalized spacial score (nSPS) is 11.7. The van der Waals surface area contributed by atoms with Gasteiger partial charge in [-0.1, -0.05) is 18.2 Å². The maximum Gasteiger partial charge on any atom is 1.00 e. The molecule has 0 unspecified atom stereocenters. The monoisotopic (exact) mass is 320 g/mol. The number of hydrogen-bond donors (Lipinski definition) is 0. The summed E-state index contributed by atoms with van der Waals surface area (Å²) in [7, 11) is -8.27. The van der Waals surface area contributed by atoms with E-state index < -0.39 is 24.9 Å². The fraction of sp³-hybridized carbons (Fsp3) is 0. The summed E-state index contributed by atoms with van der Waals surface area (Å²) in [4.78, 5) is -0.418. The molecular formula is C12H9NaO5S2. The molecule has 0 saturated heterocycles. The zero-order valence-corrected chi connectivity index (χ0v) is 14.2. The van der Waals surface area contributed by atoms with Crippen LogP contribution in [0.25, 0.3) is 0 Å². The molecule has 20 heavy (non-hydrogen) atoms. The predicted octanol–water partition coefficient (Wildman–Crippen LogP) is -1.57. The van der Waals surface area contributed by atoms with Gasteiger partial charge in [-0.05, 0) is 36.4 Å². The van der Waals surface area contributed by atoms with Crippen LogP contribution in [0.1, 0.15) is 0 Å². The van der Waals surface area contributed by atoms with Gasteiger partial charge in [0.25, 0.3) is 0 Å². The first kappa shape index (κ1) is 17.4. The maximum absolute atomic E-state index is 12.2. The molecule has 0 aliphatic heterocycles. The first-order valence-electron chi connectivity index (χ1n) is 5.18. The van der Waals surface area contributed by atoms with Crippen LogP contribution in [0, 0.1) is 0 Å². The summed E-state index contributed by atoms with van der Waals surface area (Å²) < 4.78 is 56.6. The maximum atomic E-state index is 12.2. The van der Waals surface area contributed by atoms with Crippen molar-refractivity contribution in [2.75, 3.05) is 0 Å². The second-order valence-corrected chi connectivity index (χ2v) is 7.07. The summed E-state index contributed by atoms with van der Waals surface area (Å²) in [6.07, 6.45) is 0. The van der Waals surface area contributed by atoms with Crippen molar-refractivity contribution in [1.29, 1.82) is 0 Å². The Morgan fingerprint density at radius 2 is 1.05 bits per heavy atom. The van der Waals surface area contributed by atoms with E-state index in [2.05, 4.69) is 0 Å². The molecular weight excluding hydrogens is 311 g/mol. The molecule has 0 bridgehead atoms. The Morgan fingerprint density at radius 3 is 1.50 bits per heavy atom. The molecule has 2 aromatic rings. The predicted molar refractivity (Wildman–Crippen MR) is 66.3 cm³/mol. The van der Waals surface area contributed by atoms with Gasteiger partial charge in [0, 0.05) is 0 Å². The molecule has 0 spiro atoms. The van der Waals surface area contributed by atoms with Crippen molar-refractivity contribution in [3.8, 4) is 0 Å². The minimum absolute atomic E-state index is 0. The molecule has 5 nitrogen and oxygen atoms in total. The van der Waals surface area contributed by atoms with Crippen LogP contribution in [0.4, 0.5) is 0 Å². The molecule has 0 aliphatic carbocycles. The van der Waals surface area contributed by atoms with E-state index in [0.717, 1.165) is 24.3 Å². The minimum Gasteiger partial charge on any atom is -0.744 e. The third kappa shape index (κ3) is 3.69. The number of sulfone groups is 1. The van der Waals surface area contributed by atoms with Crippen LogP contribution in [0.2, 0.25) is 0 Å². The van der Waals surface area contributed by atoms with Crippen molar-refractivity contribution in [3.63, 3.8) is 0 Å². The largest absolute Gasteiger partial charge is 1.00 e. The Morgan fingerprint density at radius 1 is 0.650 bits per heavy atom. The molecule has 2 aromatic carbocycles. The molecule has 0 heterocycles. The van der Waals surface area contributed by atoms with Crippen molar-refractivity contribution in [3.05, 3.63) is 54.6 Å². The van der Waals surface area contributed by atoms with Gasteiger partial charge in [-0.15, -0.1) is 0 Å². The van der Waals surface area contributed by atoms with Gasteiger partial charge in [0.05, 0.1) is 14.7 Å². The van der Waals surface area contributed by atoms with E-state index in [-0.39, 0.29) is 39.3 Å². The van der Waals surface area contributed by atoms with Crippen molar-refractivity contribution in [1.82, 2.24) is 0 Å². The van der Waals surface area contributed by atoms with E-state index in [0.29, 0.717) is 0 Å². The van der Waals surface area contributed by atoms with Gasteiger partial charge >= 0.3 is 29.6 Å². The minimum atomic E-state index is -4.57. The second kappa shape index (κ2) is 6.38. The van der Waals surface area contributed by atoms with E-state index in [1.54, 1.807) is 18.2 Å². The Labute approximate surface area is 139 Å². The molecule has 0 amide bonds. The van der Waals surface area contributed by atoms with Crippen LogP contribution in [0.5, 0.6) is 0 Å². The van der Waals surface area contributed by atoms with E-state index in [1.165, 1.54) is 12.1 Å². The number of hydrogen-bond acceptors (Lipinski definition) is 5. The van der Waals surface area contributed by atoms with Crippen molar-refractivity contribution in [2.24, 2.45) is 0 Å². The fourth-order valence-electron chi connectivity index (χ4n) is 1.52. The number of benzene rings is 2. The fourth-order valence-corrected chi connectivity index (χ4v) is 3.27. The molecule has 8 heteroatoms. The molecule has 0 saturated carbocycles. The standard InChI is InChI=1S/C12H10O5S2.Na/c13-18(14,10-4-2-1-3-5-10)11-6-8-12(9-7-11)19(15,16)17;/h1-9H,(H,15,16,17);/q;+1/p-1. The topological polar surface area (TPSA) is 91.3 Å². The van der Waals surface area contributed by atoms with Crippen molar-refractivity contribution < 1.29 is 50.9 Å². The summed E-state index contributed by atoms with van der Waals surface area (Å²) in [5.41, 5.74) is 0. The van der Waals surface area contributed by atoms with Gasteiger partial charge in [-0.25, -0.2) is 16.8 Å². The van der Waals surface area contributed by atoms with Crippen LogP contribution in [0.15, 0.2) is 69.3 Å². The van der Waals surface area contributed by atoms with E-state index in [4.69, 9.17) is 0 Å². The van der Waals surface area contributed by atoms with Crippen LogP contribution in [-0.4, -0.2) is 21.4 Å². The van der Waals surface area contributed by atoms with Crippen molar-refractivity contribution >= 4 is 20.0 Å². The zero-order valence-electron chi connectivity index (χ0n) is 10.6. The number of rotatable bonds is 3. The zero-order chi connectivity index (χ0) is 14.1. The van der Waals surface area contributed by atoms with Crippen LogP contribution >= 0.6 is 0 Å². The molecule has 0 N–H and O–H groups in total. The van der Waals surface area contributed by atoms with Gasteiger partial charge in [-0.2, -0.15) is 0 Å². The van der Waals surface area contributed by atoms with E-state index in [9.17, 15) is 21.4 Å². The third-order valence-corrected chi connectivity index (χ3v) is 5.11. The van der Waals surface area contributed by atoms with Gasteiger partial charge in [0.2, 0.25) is 9.84 Å². The van der Waals surface area contributed by atoms with E-state index in [1.807, 2.05) is 0 Å². The Hall–Kier alpha value is -0.700. The molecule has 0 radical (unpaired) electrons. The molecule has 100 valence electrons. The summed E-state index contributed by atoms with van der Waals surface area (Å²) >= 11 is 0. The summed E-state index contributed by atoms with van der Waals surface area (Å²) in [5.74, 6) is 0. The van der Waals surface area contributed by atoms with E-state index >= 15 is 0 Å². The smallest absolute Gasteiger partial charge is 0.744 e. The third-order valence-electron chi connectivity index (χ3n) is 2.48. The van der Waals surface area contributed by atoms with Gasteiger partial charge in [-0.3, -0.25) is 0 Å². The summed E-state index contributed by atoms with van der Waals surface area (Å²) in [6, 6.07) is 11.9. The van der Waals surface area contributed by atoms with Gasteiger partial charge < -0.3 is 4.55 Å². The van der Waals surface area contributed by atoms with Crippen LogP contribution in [-0.2, 0) is 20.0 Å². The second-order valence-electron chi connectivity index (χ2n) is 3.74. The average molecular weight is 320 g/mol. The summed E-state index contributed by atoms with van der Waals surface area (Å²) in [5, 5.41) is 0. The molecule has 0 fully saturated rings.